The van der Waals surface area contributed by atoms with Crippen LogP contribution in [0.5, 0.6) is 0 Å². The summed E-state index contributed by atoms with van der Waals surface area (Å²) < 4.78 is 5.34. The van der Waals surface area contributed by atoms with Crippen molar-refractivity contribution in [2.24, 2.45) is 5.41 Å². The highest BCUT2D eigenvalue weighted by Crippen LogP contribution is 2.20. The van der Waals surface area contributed by atoms with E-state index in [1.54, 1.807) is 25.7 Å². The van der Waals surface area contributed by atoms with Crippen LogP contribution >= 0.6 is 0 Å². The number of nitrogens with one attached hydrogen (secondary N) is 1. The quantitative estimate of drug-likeness (QED) is 0.772. The normalized spacial score (nSPS) is 22.4. The van der Waals surface area contributed by atoms with Crippen LogP contribution in [0.3, 0.4) is 0 Å². The Kier molecular flexibility index (Phi) is 4.56. The van der Waals surface area contributed by atoms with Crippen molar-refractivity contribution in [3.05, 3.63) is 0 Å². The van der Waals surface area contributed by atoms with Crippen LogP contribution in [0.4, 0.5) is 4.79 Å². The van der Waals surface area contributed by atoms with E-state index >= 15 is 0 Å². The van der Waals surface area contributed by atoms with E-state index < -0.39 is 17.4 Å². The Morgan fingerprint density at radius 2 is 2.06 bits per heavy atom. The van der Waals surface area contributed by atoms with E-state index in [0.29, 0.717) is 19.7 Å². The maximum atomic E-state index is 12.0. The zero-order valence-corrected chi connectivity index (χ0v) is 11.4. The summed E-state index contributed by atoms with van der Waals surface area (Å²) in [7, 11) is 0. The molecule has 1 aliphatic rings. The molecule has 1 heterocycles. The number of hydrogen-bond acceptors (Lipinski definition) is 3. The first-order valence-corrected chi connectivity index (χ1v) is 6.11. The van der Waals surface area contributed by atoms with Gasteiger partial charge in [-0.25, -0.2) is 9.59 Å². The number of carboxylic acid groups (broad SMARTS) is 1. The third-order valence-electron chi connectivity index (χ3n) is 2.91. The molecule has 2 atom stereocenters. The second-order valence-electron chi connectivity index (χ2n) is 5.71. The molecule has 1 saturated heterocycles. The number of morpholine rings is 1. The Labute approximate surface area is 107 Å². The topological polar surface area (TPSA) is 78.9 Å². The molecule has 1 unspecified atom stereocenters. The Hall–Kier alpha value is -1.30. The molecule has 1 rings (SSSR count). The largest absolute Gasteiger partial charge is 0.480 e. The summed E-state index contributed by atoms with van der Waals surface area (Å²) in [5.41, 5.74) is -0.528. The minimum absolute atomic E-state index is 0.0117. The van der Waals surface area contributed by atoms with Gasteiger partial charge in [0.1, 0.15) is 6.04 Å². The monoisotopic (exact) mass is 258 g/mol. The van der Waals surface area contributed by atoms with Crippen LogP contribution in [-0.4, -0.2) is 53.8 Å². The number of nitrogens with zero attached hydrogens (tertiary/aromatic N) is 1. The summed E-state index contributed by atoms with van der Waals surface area (Å²) in [6.07, 6.45) is -0.0117. The zero-order valence-electron chi connectivity index (χ0n) is 11.4. The number of carbonyl (C=O) groups excluding carboxylic acids is 1. The molecule has 104 valence electrons. The van der Waals surface area contributed by atoms with Crippen molar-refractivity contribution in [2.45, 2.75) is 39.8 Å². The third-order valence-corrected chi connectivity index (χ3v) is 2.91. The van der Waals surface area contributed by atoms with E-state index in [1.807, 2.05) is 6.92 Å². The summed E-state index contributed by atoms with van der Waals surface area (Å²) in [5.74, 6) is -1.02. The van der Waals surface area contributed by atoms with Crippen molar-refractivity contribution in [1.82, 2.24) is 10.2 Å². The highest BCUT2D eigenvalue weighted by atomic mass is 16.5. The van der Waals surface area contributed by atoms with Crippen molar-refractivity contribution < 1.29 is 19.4 Å². The zero-order chi connectivity index (χ0) is 13.9. The summed E-state index contributed by atoms with van der Waals surface area (Å²) in [6, 6.07) is -1.24. The first-order valence-electron chi connectivity index (χ1n) is 6.11. The van der Waals surface area contributed by atoms with Crippen molar-refractivity contribution in [3.8, 4) is 0 Å². The van der Waals surface area contributed by atoms with E-state index in [-0.39, 0.29) is 12.1 Å². The summed E-state index contributed by atoms with van der Waals surface area (Å²) in [4.78, 5) is 24.8. The maximum Gasteiger partial charge on any atom is 0.326 e. The lowest BCUT2D eigenvalue weighted by molar-refractivity contribution is -0.142. The molecular formula is C12H22N2O4. The van der Waals surface area contributed by atoms with Gasteiger partial charge in [-0.3, -0.25) is 0 Å². The van der Waals surface area contributed by atoms with Crippen LogP contribution in [0.1, 0.15) is 27.7 Å². The van der Waals surface area contributed by atoms with E-state index in [2.05, 4.69) is 5.32 Å². The molecule has 0 aromatic carbocycles. The lowest BCUT2D eigenvalue weighted by atomic mass is 9.87. The van der Waals surface area contributed by atoms with Crippen LogP contribution in [0, 0.1) is 5.41 Å². The van der Waals surface area contributed by atoms with Gasteiger partial charge in [-0.2, -0.15) is 0 Å². The summed E-state index contributed by atoms with van der Waals surface area (Å²) >= 11 is 0. The van der Waals surface area contributed by atoms with Gasteiger partial charge >= 0.3 is 12.0 Å². The van der Waals surface area contributed by atoms with Crippen molar-refractivity contribution in [1.29, 1.82) is 0 Å². The number of carboxylic acids is 1. The minimum Gasteiger partial charge on any atom is -0.480 e. The Morgan fingerprint density at radius 3 is 2.50 bits per heavy atom. The summed E-state index contributed by atoms with van der Waals surface area (Å²) in [5, 5.41) is 11.7. The molecule has 0 saturated carbocycles. The first kappa shape index (κ1) is 14.8. The maximum absolute atomic E-state index is 12.0. The van der Waals surface area contributed by atoms with Crippen LogP contribution in [0.25, 0.3) is 0 Å². The Morgan fingerprint density at radius 1 is 1.44 bits per heavy atom. The van der Waals surface area contributed by atoms with Gasteiger partial charge in [0.2, 0.25) is 0 Å². The van der Waals surface area contributed by atoms with Gasteiger partial charge < -0.3 is 20.1 Å². The molecule has 6 heteroatoms. The van der Waals surface area contributed by atoms with Crippen LogP contribution in [0.2, 0.25) is 0 Å². The molecule has 6 nitrogen and oxygen atoms in total. The predicted octanol–water partition coefficient (Wildman–Crippen LogP) is 0.916. The lowest BCUT2D eigenvalue weighted by Crippen LogP contribution is -2.56. The number of ether oxygens (including phenoxy) is 1. The molecule has 2 amide bonds. The highest BCUT2D eigenvalue weighted by Gasteiger charge is 2.34. The predicted molar refractivity (Wildman–Crippen MR) is 66.4 cm³/mol. The van der Waals surface area contributed by atoms with Gasteiger partial charge in [0.15, 0.2) is 0 Å². The van der Waals surface area contributed by atoms with Crippen molar-refractivity contribution in [3.63, 3.8) is 0 Å². The fourth-order valence-electron chi connectivity index (χ4n) is 1.87. The van der Waals surface area contributed by atoms with Crippen LogP contribution in [0.15, 0.2) is 0 Å². The van der Waals surface area contributed by atoms with Gasteiger partial charge in [0.05, 0.1) is 12.7 Å². The molecule has 0 spiro atoms. The molecule has 0 aromatic heterocycles. The molecule has 18 heavy (non-hydrogen) atoms. The molecule has 0 radical (unpaired) electrons. The molecule has 1 aliphatic heterocycles. The molecule has 0 aliphatic carbocycles. The van der Waals surface area contributed by atoms with Gasteiger partial charge in [-0.1, -0.05) is 20.8 Å². The van der Waals surface area contributed by atoms with Crippen molar-refractivity contribution >= 4 is 12.0 Å². The number of amides is 2. The molecule has 0 aromatic rings. The van der Waals surface area contributed by atoms with E-state index in [9.17, 15) is 9.59 Å². The summed E-state index contributed by atoms with van der Waals surface area (Å²) in [6.45, 7) is 8.71. The number of hydrogen-bond donors (Lipinski definition) is 2. The second kappa shape index (κ2) is 5.56. The fraction of sp³-hybridized carbons (Fsp3) is 0.833. The van der Waals surface area contributed by atoms with Crippen molar-refractivity contribution in [2.75, 3.05) is 19.7 Å². The standard InChI is InChI=1S/C12H22N2O4/c1-8-7-14(5-6-18-8)11(17)13-9(10(15)16)12(2,3)4/h8-9H,5-7H2,1-4H3,(H,13,17)(H,15,16)/t8?,9-/m1/s1. The van der Waals surface area contributed by atoms with Gasteiger partial charge in [-0.05, 0) is 12.3 Å². The highest BCUT2D eigenvalue weighted by molar-refractivity contribution is 5.83. The van der Waals surface area contributed by atoms with Crippen LogP contribution in [-0.2, 0) is 9.53 Å². The van der Waals surface area contributed by atoms with Gasteiger partial charge in [-0.15, -0.1) is 0 Å². The van der Waals surface area contributed by atoms with E-state index in [1.165, 1.54) is 0 Å². The average molecular weight is 258 g/mol. The Balaban J connectivity index is 2.64. The number of urea groups is 1. The molecular weight excluding hydrogens is 236 g/mol. The van der Waals surface area contributed by atoms with Gasteiger partial charge in [0, 0.05) is 13.1 Å². The minimum atomic E-state index is -1.02. The molecule has 1 fully saturated rings. The second-order valence-corrected chi connectivity index (χ2v) is 5.71. The third kappa shape index (κ3) is 3.87. The molecule has 2 N–H and O–H groups in total. The van der Waals surface area contributed by atoms with E-state index in [4.69, 9.17) is 9.84 Å². The lowest BCUT2D eigenvalue weighted by Gasteiger charge is -2.34. The van der Waals surface area contributed by atoms with E-state index in [0.717, 1.165) is 0 Å². The SMILES string of the molecule is CC1CN(C(=O)N[C@H](C(=O)O)C(C)(C)C)CCO1. The molecule has 0 bridgehead atoms. The smallest absolute Gasteiger partial charge is 0.326 e. The average Bonchev–Trinajstić information content (AvgIpc) is 2.23. The first-order chi connectivity index (χ1) is 8.21. The van der Waals surface area contributed by atoms with Crippen LogP contribution < -0.4 is 5.32 Å². The number of carbonyl (C=O) groups is 2. The number of rotatable bonds is 2. The Bertz CT molecular complexity index is 325. The fourth-order valence-corrected chi connectivity index (χ4v) is 1.87. The van der Waals surface area contributed by atoms with Gasteiger partial charge in [0.25, 0.3) is 0 Å². The number of aliphatic carboxylic acids is 1.